The van der Waals surface area contributed by atoms with E-state index in [1.807, 2.05) is 11.3 Å². The number of nitrogens with zero attached hydrogens (tertiary/aromatic N) is 2. The highest BCUT2D eigenvalue weighted by Crippen LogP contribution is 2.34. The van der Waals surface area contributed by atoms with Crippen LogP contribution in [0, 0.1) is 6.92 Å². The zero-order valence-electron chi connectivity index (χ0n) is 13.3. The van der Waals surface area contributed by atoms with Crippen molar-refractivity contribution in [2.45, 2.75) is 13.0 Å². The van der Waals surface area contributed by atoms with Crippen molar-refractivity contribution in [3.8, 4) is 0 Å². The van der Waals surface area contributed by atoms with E-state index in [9.17, 15) is 0 Å². The van der Waals surface area contributed by atoms with Crippen LogP contribution in [-0.2, 0) is 0 Å². The van der Waals surface area contributed by atoms with Gasteiger partial charge in [0.15, 0.2) is 0 Å². The number of fused-ring (bicyclic) bond motifs is 1. The molecule has 2 heterocycles. The number of aromatic nitrogens is 1. The van der Waals surface area contributed by atoms with Crippen LogP contribution in [0.15, 0.2) is 48.5 Å². The van der Waals surface area contributed by atoms with E-state index in [0.29, 0.717) is 0 Å². The Morgan fingerprint density at radius 3 is 2.52 bits per heavy atom. The summed E-state index contributed by atoms with van der Waals surface area (Å²) in [7, 11) is 0. The third-order valence-electron chi connectivity index (χ3n) is 4.45. The number of thiazole rings is 1. The molecule has 1 N–H and O–H groups in total. The number of hydrogen-bond acceptors (Lipinski definition) is 4. The first kappa shape index (κ1) is 14.8. The summed E-state index contributed by atoms with van der Waals surface area (Å²) in [5, 5.41) is 4.66. The second kappa shape index (κ2) is 6.40. The van der Waals surface area contributed by atoms with Gasteiger partial charge in [-0.2, -0.15) is 0 Å². The average Bonchev–Trinajstić information content (AvgIpc) is 3.01. The van der Waals surface area contributed by atoms with Gasteiger partial charge in [-0.15, -0.1) is 11.3 Å². The van der Waals surface area contributed by atoms with Gasteiger partial charge >= 0.3 is 0 Å². The summed E-state index contributed by atoms with van der Waals surface area (Å²) in [4.78, 5) is 7.50. The third-order valence-corrected chi connectivity index (χ3v) is 5.54. The molecule has 0 spiro atoms. The van der Waals surface area contributed by atoms with Crippen LogP contribution in [0.2, 0.25) is 0 Å². The zero-order valence-corrected chi connectivity index (χ0v) is 14.1. The molecule has 2 aromatic carbocycles. The maximum atomic E-state index is 4.94. The molecule has 1 atom stereocenters. The number of benzene rings is 2. The molecule has 0 saturated carbocycles. The first-order valence-electron chi connectivity index (χ1n) is 8.18. The maximum Gasteiger partial charge on any atom is 0.116 e. The van der Waals surface area contributed by atoms with E-state index in [-0.39, 0.29) is 6.04 Å². The topological polar surface area (TPSA) is 28.2 Å². The van der Waals surface area contributed by atoms with Crippen LogP contribution in [0.5, 0.6) is 0 Å². The molecular weight excluding hydrogens is 302 g/mol. The summed E-state index contributed by atoms with van der Waals surface area (Å²) < 4.78 is 1.27. The Morgan fingerprint density at radius 2 is 1.78 bits per heavy atom. The van der Waals surface area contributed by atoms with Crippen molar-refractivity contribution in [2.24, 2.45) is 0 Å². The first-order chi connectivity index (χ1) is 11.3. The van der Waals surface area contributed by atoms with Gasteiger partial charge in [0.2, 0.25) is 0 Å². The van der Waals surface area contributed by atoms with E-state index >= 15 is 0 Å². The highest BCUT2D eigenvalue weighted by molar-refractivity contribution is 7.18. The van der Waals surface area contributed by atoms with Crippen LogP contribution in [0.25, 0.3) is 10.2 Å². The Balaban J connectivity index is 1.78. The maximum absolute atomic E-state index is 4.94. The van der Waals surface area contributed by atoms with E-state index in [1.165, 1.54) is 20.8 Å². The molecule has 1 saturated heterocycles. The summed E-state index contributed by atoms with van der Waals surface area (Å²) >= 11 is 1.82. The Kier molecular flexibility index (Phi) is 4.12. The second-order valence-corrected chi connectivity index (χ2v) is 7.18. The summed E-state index contributed by atoms with van der Waals surface area (Å²) in [5.41, 5.74) is 3.76. The molecule has 3 aromatic rings. The van der Waals surface area contributed by atoms with Crippen LogP contribution >= 0.6 is 11.3 Å². The van der Waals surface area contributed by atoms with Crippen LogP contribution in [0.3, 0.4) is 0 Å². The Hall–Kier alpha value is -1.75. The number of rotatable bonds is 3. The second-order valence-electron chi connectivity index (χ2n) is 6.12. The van der Waals surface area contributed by atoms with Gasteiger partial charge in [-0.3, -0.25) is 4.90 Å². The van der Waals surface area contributed by atoms with Gasteiger partial charge in [-0.1, -0.05) is 42.0 Å². The molecule has 1 fully saturated rings. The SMILES string of the molecule is Cc1ccc(C(c2nc3ccccc3s2)N2CCNCC2)cc1. The molecule has 118 valence electrons. The van der Waals surface area contributed by atoms with Crippen molar-refractivity contribution in [2.75, 3.05) is 26.2 Å². The standard InChI is InChI=1S/C19H21N3S/c1-14-6-8-15(9-7-14)18(22-12-10-20-11-13-22)19-21-16-4-2-3-5-17(16)23-19/h2-9,18,20H,10-13H2,1H3. The minimum absolute atomic E-state index is 0.259. The van der Waals surface area contributed by atoms with Crippen LogP contribution in [-0.4, -0.2) is 36.1 Å². The summed E-state index contributed by atoms with van der Waals surface area (Å²) in [6.07, 6.45) is 0. The summed E-state index contributed by atoms with van der Waals surface area (Å²) in [6.45, 7) is 6.37. The van der Waals surface area contributed by atoms with E-state index in [0.717, 1.165) is 31.7 Å². The number of hydrogen-bond donors (Lipinski definition) is 1. The molecule has 4 heteroatoms. The molecule has 1 aliphatic heterocycles. The predicted octanol–water partition coefficient (Wildman–Crippen LogP) is 3.60. The fourth-order valence-corrected chi connectivity index (χ4v) is 4.34. The molecule has 1 aliphatic rings. The fraction of sp³-hybridized carbons (Fsp3) is 0.316. The lowest BCUT2D eigenvalue weighted by Gasteiger charge is -2.34. The van der Waals surface area contributed by atoms with Crippen LogP contribution < -0.4 is 5.32 Å². The average molecular weight is 323 g/mol. The van der Waals surface area contributed by atoms with Crippen molar-refractivity contribution in [3.63, 3.8) is 0 Å². The largest absolute Gasteiger partial charge is 0.314 e. The smallest absolute Gasteiger partial charge is 0.116 e. The summed E-state index contributed by atoms with van der Waals surface area (Å²) in [5.74, 6) is 0. The fourth-order valence-electron chi connectivity index (χ4n) is 3.21. The highest BCUT2D eigenvalue weighted by atomic mass is 32.1. The Morgan fingerprint density at radius 1 is 1.04 bits per heavy atom. The zero-order chi connectivity index (χ0) is 15.6. The van der Waals surface area contributed by atoms with Crippen molar-refractivity contribution >= 4 is 21.6 Å². The van der Waals surface area contributed by atoms with Gasteiger partial charge in [0.1, 0.15) is 5.01 Å². The first-order valence-corrected chi connectivity index (χ1v) is 9.00. The van der Waals surface area contributed by atoms with Crippen molar-refractivity contribution in [3.05, 3.63) is 64.7 Å². The lowest BCUT2D eigenvalue weighted by atomic mass is 10.0. The molecule has 0 bridgehead atoms. The van der Waals surface area contributed by atoms with Crippen LogP contribution in [0.1, 0.15) is 22.2 Å². The third kappa shape index (κ3) is 3.02. The predicted molar refractivity (Wildman–Crippen MR) is 97.1 cm³/mol. The van der Waals surface area contributed by atoms with Crippen molar-refractivity contribution in [1.82, 2.24) is 15.2 Å². The van der Waals surface area contributed by atoms with E-state index in [4.69, 9.17) is 4.98 Å². The lowest BCUT2D eigenvalue weighted by Crippen LogP contribution is -2.45. The normalized spacial score (nSPS) is 17.4. The number of para-hydroxylation sites is 1. The van der Waals surface area contributed by atoms with E-state index in [1.54, 1.807) is 0 Å². The van der Waals surface area contributed by atoms with Crippen molar-refractivity contribution < 1.29 is 0 Å². The number of nitrogens with one attached hydrogen (secondary N) is 1. The highest BCUT2D eigenvalue weighted by Gasteiger charge is 2.26. The van der Waals surface area contributed by atoms with Gasteiger partial charge < -0.3 is 5.32 Å². The number of aryl methyl sites for hydroxylation is 1. The minimum Gasteiger partial charge on any atom is -0.314 e. The Labute approximate surface area is 141 Å². The Bertz CT molecular complexity index is 755. The molecule has 23 heavy (non-hydrogen) atoms. The number of piperazine rings is 1. The van der Waals surface area contributed by atoms with Crippen LogP contribution in [0.4, 0.5) is 0 Å². The lowest BCUT2D eigenvalue weighted by molar-refractivity contribution is 0.198. The molecule has 3 nitrogen and oxygen atoms in total. The van der Waals surface area contributed by atoms with E-state index < -0.39 is 0 Å². The molecule has 4 rings (SSSR count). The molecule has 0 radical (unpaired) electrons. The minimum atomic E-state index is 0.259. The molecule has 0 amide bonds. The molecule has 1 unspecified atom stereocenters. The quantitative estimate of drug-likeness (QED) is 0.798. The van der Waals surface area contributed by atoms with Gasteiger partial charge in [0, 0.05) is 26.2 Å². The van der Waals surface area contributed by atoms with E-state index in [2.05, 4.69) is 65.7 Å². The molecule has 0 aliphatic carbocycles. The van der Waals surface area contributed by atoms with Gasteiger partial charge in [0.05, 0.1) is 16.3 Å². The molecular formula is C19H21N3S. The van der Waals surface area contributed by atoms with Gasteiger partial charge in [-0.05, 0) is 24.6 Å². The molecule has 1 aromatic heterocycles. The summed E-state index contributed by atoms with van der Waals surface area (Å²) in [6, 6.07) is 17.6. The van der Waals surface area contributed by atoms with Gasteiger partial charge in [0.25, 0.3) is 0 Å². The monoisotopic (exact) mass is 323 g/mol. The van der Waals surface area contributed by atoms with Crippen molar-refractivity contribution in [1.29, 1.82) is 0 Å². The van der Waals surface area contributed by atoms with Gasteiger partial charge in [-0.25, -0.2) is 4.98 Å².